The highest BCUT2D eigenvalue weighted by molar-refractivity contribution is 5.93. The van der Waals surface area contributed by atoms with Crippen LogP contribution < -0.4 is 10.6 Å². The van der Waals surface area contributed by atoms with Crippen molar-refractivity contribution >= 4 is 11.7 Å². The summed E-state index contributed by atoms with van der Waals surface area (Å²) >= 11 is 0. The van der Waals surface area contributed by atoms with Gasteiger partial charge in [0.2, 0.25) is 5.89 Å². The first kappa shape index (κ1) is 17.6. The number of H-pyrrole nitrogens is 1. The Morgan fingerprint density at radius 2 is 2.19 bits per heavy atom. The number of aromatic amines is 1. The van der Waals surface area contributed by atoms with E-state index in [0.717, 1.165) is 18.7 Å². The molecule has 0 saturated heterocycles. The van der Waals surface area contributed by atoms with Crippen molar-refractivity contribution in [3.63, 3.8) is 0 Å². The van der Waals surface area contributed by atoms with Gasteiger partial charge in [0.25, 0.3) is 5.91 Å². The predicted octanol–water partition coefficient (Wildman–Crippen LogP) is 1.90. The molecule has 0 aliphatic heterocycles. The predicted molar refractivity (Wildman–Crippen MR) is 94.6 cm³/mol. The zero-order chi connectivity index (χ0) is 18.4. The van der Waals surface area contributed by atoms with Crippen LogP contribution >= 0.6 is 0 Å². The molecule has 26 heavy (non-hydrogen) atoms. The molecule has 3 N–H and O–H groups in total. The summed E-state index contributed by atoms with van der Waals surface area (Å²) in [6, 6.07) is 3.49. The first-order valence-electron chi connectivity index (χ1n) is 8.39. The molecule has 0 bridgehead atoms. The molecular weight excluding hydrogens is 334 g/mol. The minimum Gasteiger partial charge on any atom is -0.370 e. The number of nitrogens with zero attached hydrogens (tertiary/aromatic N) is 4. The van der Waals surface area contributed by atoms with Crippen LogP contribution in [0.1, 0.15) is 47.5 Å². The normalized spacial score (nSPS) is 10.9. The highest BCUT2D eigenvalue weighted by atomic mass is 16.5. The van der Waals surface area contributed by atoms with E-state index in [1.54, 1.807) is 24.7 Å². The Balaban J connectivity index is 1.46. The van der Waals surface area contributed by atoms with Crippen molar-refractivity contribution in [2.45, 2.75) is 32.7 Å². The van der Waals surface area contributed by atoms with Crippen LogP contribution in [0, 0.1) is 0 Å². The summed E-state index contributed by atoms with van der Waals surface area (Å²) in [6.45, 7) is 4.86. The third-order valence-corrected chi connectivity index (χ3v) is 3.67. The highest BCUT2D eigenvalue weighted by Crippen LogP contribution is 2.11. The Hall–Kier alpha value is -3.23. The van der Waals surface area contributed by atoms with Gasteiger partial charge in [-0.1, -0.05) is 19.0 Å². The number of carbonyl (C=O) groups is 1. The molecule has 0 aromatic carbocycles. The van der Waals surface area contributed by atoms with Crippen LogP contribution in [0.4, 0.5) is 5.82 Å². The van der Waals surface area contributed by atoms with Crippen molar-refractivity contribution < 1.29 is 9.32 Å². The molecule has 0 aliphatic rings. The molecule has 0 atom stereocenters. The lowest BCUT2D eigenvalue weighted by molar-refractivity contribution is 0.0949. The van der Waals surface area contributed by atoms with Gasteiger partial charge in [-0.2, -0.15) is 4.98 Å². The van der Waals surface area contributed by atoms with Gasteiger partial charge < -0.3 is 20.1 Å². The van der Waals surface area contributed by atoms with Crippen LogP contribution in [0.15, 0.2) is 35.4 Å². The number of amides is 1. The molecule has 1 amide bonds. The van der Waals surface area contributed by atoms with Crippen LogP contribution in [0.25, 0.3) is 0 Å². The average molecular weight is 355 g/mol. The fourth-order valence-corrected chi connectivity index (χ4v) is 2.21. The van der Waals surface area contributed by atoms with Crippen LogP contribution in [-0.4, -0.2) is 37.5 Å². The Kier molecular flexibility index (Phi) is 5.57. The van der Waals surface area contributed by atoms with Gasteiger partial charge in [-0.05, 0) is 12.1 Å². The molecule has 9 heteroatoms. The van der Waals surface area contributed by atoms with Crippen LogP contribution in [-0.2, 0) is 13.0 Å². The van der Waals surface area contributed by atoms with E-state index in [-0.39, 0.29) is 18.4 Å². The maximum atomic E-state index is 12.2. The second kappa shape index (κ2) is 8.24. The zero-order valence-electron chi connectivity index (χ0n) is 14.7. The lowest BCUT2D eigenvalue weighted by Gasteiger charge is -2.06. The first-order chi connectivity index (χ1) is 12.6. The Labute approximate surface area is 150 Å². The minimum absolute atomic E-state index is 0.157. The third-order valence-electron chi connectivity index (χ3n) is 3.67. The number of rotatable bonds is 8. The van der Waals surface area contributed by atoms with Gasteiger partial charge in [-0.3, -0.25) is 4.79 Å². The maximum absolute atomic E-state index is 12.2. The lowest BCUT2D eigenvalue weighted by Crippen LogP contribution is -2.23. The summed E-state index contributed by atoms with van der Waals surface area (Å²) in [6.07, 6.45) is 5.78. The Bertz CT molecular complexity index is 825. The average Bonchev–Trinajstić information content (AvgIpc) is 3.32. The minimum atomic E-state index is -0.239. The van der Waals surface area contributed by atoms with Crippen molar-refractivity contribution in [3.8, 4) is 0 Å². The second-order valence-corrected chi connectivity index (χ2v) is 6.07. The number of aromatic nitrogens is 5. The third kappa shape index (κ3) is 4.65. The molecule has 9 nitrogen and oxygen atoms in total. The van der Waals surface area contributed by atoms with Crippen molar-refractivity contribution in [1.82, 2.24) is 30.4 Å². The zero-order valence-corrected chi connectivity index (χ0v) is 14.7. The Morgan fingerprint density at radius 3 is 2.85 bits per heavy atom. The van der Waals surface area contributed by atoms with Crippen molar-refractivity contribution in [1.29, 1.82) is 0 Å². The SMILES string of the molecule is CC(C)c1nc(CNC(=O)c2ccc(NCCc3cnc[nH]3)nc2)no1. The van der Waals surface area contributed by atoms with E-state index in [1.165, 1.54) is 6.20 Å². The summed E-state index contributed by atoms with van der Waals surface area (Å²) in [5, 5.41) is 9.79. The number of anilines is 1. The highest BCUT2D eigenvalue weighted by Gasteiger charge is 2.12. The molecule has 0 aliphatic carbocycles. The largest absolute Gasteiger partial charge is 0.370 e. The number of carbonyl (C=O) groups excluding carboxylic acids is 1. The molecule has 3 heterocycles. The summed E-state index contributed by atoms with van der Waals surface area (Å²) in [4.78, 5) is 27.7. The fourth-order valence-electron chi connectivity index (χ4n) is 2.21. The quantitative estimate of drug-likeness (QED) is 0.564. The van der Waals surface area contributed by atoms with Crippen molar-refractivity contribution in [2.24, 2.45) is 0 Å². The summed E-state index contributed by atoms with van der Waals surface area (Å²) < 4.78 is 5.10. The van der Waals surface area contributed by atoms with E-state index < -0.39 is 0 Å². The van der Waals surface area contributed by atoms with Gasteiger partial charge in [0, 0.05) is 37.0 Å². The van der Waals surface area contributed by atoms with Crippen LogP contribution in [0.2, 0.25) is 0 Å². The standard InChI is InChI=1S/C17H21N7O2/c1-11(2)17-23-15(24-26-17)9-21-16(25)12-3-4-14(20-7-12)19-6-5-13-8-18-10-22-13/h3-4,7-8,10-11H,5-6,9H2,1-2H3,(H,18,22)(H,19,20)(H,21,25). The van der Waals surface area contributed by atoms with E-state index in [9.17, 15) is 4.79 Å². The molecule has 0 unspecified atom stereocenters. The molecule has 3 aromatic heterocycles. The smallest absolute Gasteiger partial charge is 0.253 e. The van der Waals surface area contributed by atoms with Gasteiger partial charge >= 0.3 is 0 Å². The van der Waals surface area contributed by atoms with Crippen LogP contribution in [0.3, 0.4) is 0 Å². The van der Waals surface area contributed by atoms with Gasteiger partial charge in [0.15, 0.2) is 5.82 Å². The summed E-state index contributed by atoms with van der Waals surface area (Å²) in [7, 11) is 0. The topological polar surface area (TPSA) is 122 Å². The lowest BCUT2D eigenvalue weighted by atomic mass is 10.2. The second-order valence-electron chi connectivity index (χ2n) is 6.07. The molecule has 3 rings (SSSR count). The van der Waals surface area contributed by atoms with Gasteiger partial charge in [0.05, 0.1) is 18.4 Å². The monoisotopic (exact) mass is 355 g/mol. The maximum Gasteiger partial charge on any atom is 0.253 e. The van der Waals surface area contributed by atoms with E-state index in [0.29, 0.717) is 23.1 Å². The van der Waals surface area contributed by atoms with Gasteiger partial charge in [0.1, 0.15) is 5.82 Å². The number of hydrogen-bond acceptors (Lipinski definition) is 7. The Morgan fingerprint density at radius 1 is 1.31 bits per heavy atom. The van der Waals surface area contributed by atoms with E-state index in [4.69, 9.17) is 4.52 Å². The molecular formula is C17H21N7O2. The summed E-state index contributed by atoms with van der Waals surface area (Å²) in [5.41, 5.74) is 1.52. The molecule has 0 fully saturated rings. The summed E-state index contributed by atoms with van der Waals surface area (Å²) in [5.74, 6) is 1.64. The molecule has 0 saturated carbocycles. The van der Waals surface area contributed by atoms with Crippen molar-refractivity contribution in [2.75, 3.05) is 11.9 Å². The van der Waals surface area contributed by atoms with Crippen LogP contribution in [0.5, 0.6) is 0 Å². The number of pyridine rings is 1. The molecule has 0 radical (unpaired) electrons. The first-order valence-corrected chi connectivity index (χ1v) is 8.39. The number of nitrogens with one attached hydrogen (secondary N) is 3. The number of imidazole rings is 1. The van der Waals surface area contributed by atoms with Gasteiger partial charge in [-0.15, -0.1) is 0 Å². The molecule has 0 spiro atoms. The van der Waals surface area contributed by atoms with E-state index >= 15 is 0 Å². The van der Waals surface area contributed by atoms with Crippen molar-refractivity contribution in [3.05, 3.63) is 53.8 Å². The van der Waals surface area contributed by atoms with E-state index in [2.05, 4.69) is 35.7 Å². The fraction of sp³-hybridized carbons (Fsp3) is 0.353. The molecule has 3 aromatic rings. The molecule has 136 valence electrons. The van der Waals surface area contributed by atoms with E-state index in [1.807, 2.05) is 13.8 Å². The number of hydrogen-bond donors (Lipinski definition) is 3. The van der Waals surface area contributed by atoms with Gasteiger partial charge in [-0.25, -0.2) is 9.97 Å².